The highest BCUT2D eigenvalue weighted by atomic mass is 19.1. The van der Waals surface area contributed by atoms with E-state index in [9.17, 15) is 13.9 Å². The van der Waals surface area contributed by atoms with Gasteiger partial charge < -0.3 is 9.84 Å². The number of aliphatic hydroxyl groups is 1. The van der Waals surface area contributed by atoms with E-state index in [0.29, 0.717) is 0 Å². The van der Waals surface area contributed by atoms with Gasteiger partial charge in [0.25, 0.3) is 0 Å². The standard InChI is InChI=1S/C16H13F2NO2/c1-21-15-6-5-12(10-14(15)18)16(20,7-8-19)11-3-2-4-13(17)9-11/h2-6,9-10,20H,7H2,1H3. The smallest absolute Gasteiger partial charge is 0.165 e. The van der Waals surface area contributed by atoms with Crippen molar-refractivity contribution in [1.29, 1.82) is 5.26 Å². The van der Waals surface area contributed by atoms with Gasteiger partial charge in [-0.05, 0) is 35.4 Å². The Morgan fingerprint density at radius 2 is 1.90 bits per heavy atom. The number of nitriles is 1. The Balaban J connectivity index is 2.57. The molecule has 1 unspecified atom stereocenters. The first-order valence-electron chi connectivity index (χ1n) is 6.20. The maximum atomic E-state index is 13.8. The molecule has 2 aromatic carbocycles. The lowest BCUT2D eigenvalue weighted by molar-refractivity contribution is 0.0852. The summed E-state index contributed by atoms with van der Waals surface area (Å²) in [6, 6.07) is 11.0. The lowest BCUT2D eigenvalue weighted by atomic mass is 9.84. The van der Waals surface area contributed by atoms with E-state index in [1.807, 2.05) is 6.07 Å². The van der Waals surface area contributed by atoms with Crippen molar-refractivity contribution in [2.24, 2.45) is 0 Å². The largest absolute Gasteiger partial charge is 0.494 e. The molecule has 2 rings (SSSR count). The van der Waals surface area contributed by atoms with E-state index in [1.165, 1.54) is 37.4 Å². The number of ether oxygens (including phenoxy) is 1. The molecule has 0 saturated heterocycles. The van der Waals surface area contributed by atoms with Gasteiger partial charge in [-0.1, -0.05) is 18.2 Å². The molecule has 0 aliphatic rings. The van der Waals surface area contributed by atoms with Crippen molar-refractivity contribution < 1.29 is 18.6 Å². The molecule has 2 aromatic rings. The van der Waals surface area contributed by atoms with Crippen LogP contribution in [-0.2, 0) is 5.60 Å². The summed E-state index contributed by atoms with van der Waals surface area (Å²) in [5, 5.41) is 19.7. The summed E-state index contributed by atoms with van der Waals surface area (Å²) in [4.78, 5) is 0. The first kappa shape index (κ1) is 14.9. The molecule has 21 heavy (non-hydrogen) atoms. The quantitative estimate of drug-likeness (QED) is 0.940. The Kier molecular flexibility index (Phi) is 4.20. The van der Waals surface area contributed by atoms with Gasteiger partial charge in [-0.15, -0.1) is 0 Å². The second kappa shape index (κ2) is 5.90. The molecule has 0 radical (unpaired) electrons. The summed E-state index contributed by atoms with van der Waals surface area (Å²) in [6.07, 6.45) is -0.331. The summed E-state index contributed by atoms with van der Waals surface area (Å²) < 4.78 is 32.0. The van der Waals surface area contributed by atoms with Gasteiger partial charge in [0, 0.05) is 0 Å². The number of benzene rings is 2. The van der Waals surface area contributed by atoms with Crippen LogP contribution in [0.25, 0.3) is 0 Å². The molecule has 0 spiro atoms. The van der Waals surface area contributed by atoms with Crippen LogP contribution in [0.4, 0.5) is 8.78 Å². The van der Waals surface area contributed by atoms with Gasteiger partial charge in [0.2, 0.25) is 0 Å². The summed E-state index contributed by atoms with van der Waals surface area (Å²) in [5.74, 6) is -1.18. The minimum Gasteiger partial charge on any atom is -0.494 e. The van der Waals surface area contributed by atoms with Crippen LogP contribution in [0, 0.1) is 23.0 Å². The SMILES string of the molecule is COc1ccc(C(O)(CC#N)c2cccc(F)c2)cc1F. The van der Waals surface area contributed by atoms with E-state index in [2.05, 4.69) is 0 Å². The molecule has 0 aliphatic heterocycles. The number of hydrogen-bond donors (Lipinski definition) is 1. The Labute approximate surface area is 121 Å². The number of rotatable bonds is 4. The molecular formula is C16H13F2NO2. The third kappa shape index (κ3) is 2.86. The fraction of sp³-hybridized carbons (Fsp3) is 0.188. The monoisotopic (exact) mass is 289 g/mol. The highest BCUT2D eigenvalue weighted by molar-refractivity contribution is 5.40. The van der Waals surface area contributed by atoms with Gasteiger partial charge in [0.1, 0.15) is 11.4 Å². The Morgan fingerprint density at radius 3 is 2.48 bits per heavy atom. The van der Waals surface area contributed by atoms with Crippen molar-refractivity contribution in [2.45, 2.75) is 12.0 Å². The fourth-order valence-corrected chi connectivity index (χ4v) is 2.15. The van der Waals surface area contributed by atoms with Crippen molar-refractivity contribution in [3.63, 3.8) is 0 Å². The van der Waals surface area contributed by atoms with E-state index < -0.39 is 17.2 Å². The number of nitrogens with zero attached hydrogens (tertiary/aromatic N) is 1. The Hall–Kier alpha value is -2.45. The first-order valence-corrected chi connectivity index (χ1v) is 6.20. The van der Waals surface area contributed by atoms with Gasteiger partial charge in [0.05, 0.1) is 19.6 Å². The number of hydrogen-bond acceptors (Lipinski definition) is 3. The zero-order valence-corrected chi connectivity index (χ0v) is 11.3. The first-order chi connectivity index (χ1) is 10.0. The van der Waals surface area contributed by atoms with Crippen LogP contribution in [0.1, 0.15) is 17.5 Å². The van der Waals surface area contributed by atoms with Crippen LogP contribution in [0.15, 0.2) is 42.5 Å². The van der Waals surface area contributed by atoms with Crippen LogP contribution in [0.5, 0.6) is 5.75 Å². The van der Waals surface area contributed by atoms with Gasteiger partial charge in [-0.2, -0.15) is 5.26 Å². The third-order valence-electron chi connectivity index (χ3n) is 3.27. The Morgan fingerprint density at radius 1 is 1.19 bits per heavy atom. The van der Waals surface area contributed by atoms with Gasteiger partial charge in [0.15, 0.2) is 11.6 Å². The molecule has 5 heteroatoms. The minimum atomic E-state index is -1.79. The molecule has 0 saturated carbocycles. The lowest BCUT2D eigenvalue weighted by Crippen LogP contribution is -2.27. The summed E-state index contributed by atoms with van der Waals surface area (Å²) >= 11 is 0. The predicted octanol–water partition coefficient (Wildman–Crippen LogP) is 3.12. The van der Waals surface area contributed by atoms with Gasteiger partial charge >= 0.3 is 0 Å². The van der Waals surface area contributed by atoms with Crippen LogP contribution in [0.2, 0.25) is 0 Å². The molecule has 0 fully saturated rings. The van der Waals surface area contributed by atoms with Gasteiger partial charge in [-0.25, -0.2) is 8.78 Å². The summed E-state index contributed by atoms with van der Waals surface area (Å²) in [5.41, 5.74) is -1.44. The molecule has 108 valence electrons. The average molecular weight is 289 g/mol. The van der Waals surface area contributed by atoms with E-state index in [0.717, 1.165) is 12.1 Å². The number of methoxy groups -OCH3 is 1. The molecule has 0 aromatic heterocycles. The molecule has 0 aliphatic carbocycles. The fourth-order valence-electron chi connectivity index (χ4n) is 2.15. The second-order valence-electron chi connectivity index (χ2n) is 4.55. The van der Waals surface area contributed by atoms with E-state index >= 15 is 0 Å². The van der Waals surface area contributed by atoms with Crippen molar-refractivity contribution in [3.05, 3.63) is 65.2 Å². The topological polar surface area (TPSA) is 53.2 Å². The van der Waals surface area contributed by atoms with Crippen LogP contribution in [-0.4, -0.2) is 12.2 Å². The zero-order chi connectivity index (χ0) is 15.5. The van der Waals surface area contributed by atoms with E-state index in [1.54, 1.807) is 0 Å². The molecule has 0 amide bonds. The maximum absolute atomic E-state index is 13.8. The molecule has 0 heterocycles. The van der Waals surface area contributed by atoms with Crippen molar-refractivity contribution in [3.8, 4) is 11.8 Å². The predicted molar refractivity (Wildman–Crippen MR) is 72.6 cm³/mol. The molecule has 3 nitrogen and oxygen atoms in total. The molecule has 0 bridgehead atoms. The summed E-state index contributed by atoms with van der Waals surface area (Å²) in [6.45, 7) is 0. The van der Waals surface area contributed by atoms with Crippen LogP contribution >= 0.6 is 0 Å². The lowest BCUT2D eigenvalue weighted by Gasteiger charge is -2.27. The zero-order valence-electron chi connectivity index (χ0n) is 11.3. The number of halogens is 2. The average Bonchev–Trinajstić information content (AvgIpc) is 2.47. The second-order valence-corrected chi connectivity index (χ2v) is 4.55. The molecular weight excluding hydrogens is 276 g/mol. The highest BCUT2D eigenvalue weighted by Crippen LogP contribution is 2.35. The van der Waals surface area contributed by atoms with Crippen molar-refractivity contribution >= 4 is 0 Å². The van der Waals surface area contributed by atoms with E-state index in [-0.39, 0.29) is 23.3 Å². The van der Waals surface area contributed by atoms with Crippen LogP contribution < -0.4 is 4.74 Å². The Bertz CT molecular complexity index is 697. The van der Waals surface area contributed by atoms with Gasteiger partial charge in [-0.3, -0.25) is 0 Å². The normalized spacial score (nSPS) is 13.3. The molecule has 1 N–H and O–H groups in total. The highest BCUT2D eigenvalue weighted by Gasteiger charge is 2.32. The summed E-state index contributed by atoms with van der Waals surface area (Å²) in [7, 11) is 1.33. The van der Waals surface area contributed by atoms with Crippen molar-refractivity contribution in [2.75, 3.05) is 7.11 Å². The molecule has 1 atom stereocenters. The maximum Gasteiger partial charge on any atom is 0.165 e. The third-order valence-corrected chi connectivity index (χ3v) is 3.27. The van der Waals surface area contributed by atoms with Crippen LogP contribution in [0.3, 0.4) is 0 Å². The van der Waals surface area contributed by atoms with E-state index in [4.69, 9.17) is 10.00 Å². The minimum absolute atomic E-state index is 0.0253. The van der Waals surface area contributed by atoms with Crippen molar-refractivity contribution in [1.82, 2.24) is 0 Å².